The van der Waals surface area contributed by atoms with Gasteiger partial charge in [-0.2, -0.15) is 0 Å². The minimum Gasteiger partial charge on any atom is -0.384 e. The number of aromatic nitrogens is 2. The molecule has 0 saturated heterocycles. The molecule has 3 nitrogen and oxygen atoms in total. The van der Waals surface area contributed by atoms with Crippen molar-refractivity contribution in [3.63, 3.8) is 0 Å². The van der Waals surface area contributed by atoms with Crippen molar-refractivity contribution in [3.05, 3.63) is 18.1 Å². The zero-order valence-electron chi connectivity index (χ0n) is 6.91. The van der Waals surface area contributed by atoms with E-state index in [0.717, 1.165) is 12.2 Å². The van der Waals surface area contributed by atoms with Crippen LogP contribution in [0.2, 0.25) is 0 Å². The van der Waals surface area contributed by atoms with Gasteiger partial charge in [-0.3, -0.25) is 0 Å². The Morgan fingerprint density at radius 3 is 2.91 bits per heavy atom. The van der Waals surface area contributed by atoms with Crippen molar-refractivity contribution in [1.82, 2.24) is 9.97 Å². The first-order chi connectivity index (χ1) is 5.24. The summed E-state index contributed by atoms with van der Waals surface area (Å²) in [6, 6.07) is 1.70. The molecule has 1 aromatic heterocycles. The SMILES string of the molecule is CCC(C)c1nccc(N)n1. The second-order valence-electron chi connectivity index (χ2n) is 2.65. The largest absolute Gasteiger partial charge is 0.384 e. The lowest BCUT2D eigenvalue weighted by atomic mass is 10.1. The highest BCUT2D eigenvalue weighted by atomic mass is 14.9. The molecule has 1 aromatic rings. The highest BCUT2D eigenvalue weighted by Gasteiger charge is 2.04. The monoisotopic (exact) mass is 151 g/mol. The maximum atomic E-state index is 5.50. The van der Waals surface area contributed by atoms with E-state index in [1.807, 2.05) is 0 Å². The fraction of sp³-hybridized carbons (Fsp3) is 0.500. The van der Waals surface area contributed by atoms with Crippen molar-refractivity contribution in [2.45, 2.75) is 26.2 Å². The van der Waals surface area contributed by atoms with E-state index in [2.05, 4.69) is 23.8 Å². The van der Waals surface area contributed by atoms with Gasteiger partial charge in [0.1, 0.15) is 11.6 Å². The number of nitrogen functional groups attached to an aromatic ring is 1. The molecule has 0 amide bonds. The van der Waals surface area contributed by atoms with Crippen LogP contribution in [-0.4, -0.2) is 9.97 Å². The first kappa shape index (κ1) is 7.98. The number of nitrogens with zero attached hydrogens (tertiary/aromatic N) is 2. The molecule has 0 aliphatic heterocycles. The highest BCUT2D eigenvalue weighted by molar-refractivity contribution is 5.25. The lowest BCUT2D eigenvalue weighted by Gasteiger charge is -2.05. The van der Waals surface area contributed by atoms with Gasteiger partial charge in [0.2, 0.25) is 0 Å². The summed E-state index contributed by atoms with van der Waals surface area (Å²) in [6.45, 7) is 4.20. The van der Waals surface area contributed by atoms with E-state index < -0.39 is 0 Å². The molecule has 0 aliphatic carbocycles. The molecule has 1 heterocycles. The van der Waals surface area contributed by atoms with E-state index >= 15 is 0 Å². The molecule has 1 rings (SSSR count). The Labute approximate surface area is 66.7 Å². The maximum Gasteiger partial charge on any atom is 0.133 e. The Morgan fingerprint density at radius 1 is 1.64 bits per heavy atom. The predicted molar refractivity (Wildman–Crippen MR) is 45.2 cm³/mol. The Bertz CT molecular complexity index is 235. The van der Waals surface area contributed by atoms with Crippen molar-refractivity contribution >= 4 is 5.82 Å². The van der Waals surface area contributed by atoms with E-state index in [4.69, 9.17) is 5.73 Å². The van der Waals surface area contributed by atoms with Gasteiger partial charge >= 0.3 is 0 Å². The summed E-state index contributed by atoms with van der Waals surface area (Å²) in [6.07, 6.45) is 2.74. The van der Waals surface area contributed by atoms with Crippen LogP contribution in [-0.2, 0) is 0 Å². The zero-order valence-corrected chi connectivity index (χ0v) is 6.91. The van der Waals surface area contributed by atoms with Crippen LogP contribution >= 0.6 is 0 Å². The predicted octanol–water partition coefficient (Wildman–Crippen LogP) is 1.57. The summed E-state index contributed by atoms with van der Waals surface area (Å²) in [7, 11) is 0. The molecule has 60 valence electrons. The lowest BCUT2D eigenvalue weighted by Crippen LogP contribution is -2.01. The number of hydrogen-bond donors (Lipinski definition) is 1. The normalized spacial score (nSPS) is 12.9. The van der Waals surface area contributed by atoms with Gasteiger partial charge in [0.15, 0.2) is 0 Å². The van der Waals surface area contributed by atoms with Crippen LogP contribution in [0.25, 0.3) is 0 Å². The molecule has 0 aliphatic rings. The molecule has 0 bridgehead atoms. The molecule has 1 unspecified atom stereocenters. The smallest absolute Gasteiger partial charge is 0.133 e. The van der Waals surface area contributed by atoms with Gasteiger partial charge in [0.25, 0.3) is 0 Å². The third-order valence-electron chi connectivity index (χ3n) is 1.75. The molecule has 1 atom stereocenters. The first-order valence-corrected chi connectivity index (χ1v) is 3.82. The first-order valence-electron chi connectivity index (χ1n) is 3.82. The fourth-order valence-corrected chi connectivity index (χ4v) is 0.808. The number of hydrogen-bond acceptors (Lipinski definition) is 3. The lowest BCUT2D eigenvalue weighted by molar-refractivity contribution is 0.680. The average Bonchev–Trinajstić information content (AvgIpc) is 2.03. The van der Waals surface area contributed by atoms with Gasteiger partial charge < -0.3 is 5.73 Å². The van der Waals surface area contributed by atoms with Crippen LogP contribution in [0.15, 0.2) is 12.3 Å². The Hall–Kier alpha value is -1.12. The topological polar surface area (TPSA) is 51.8 Å². The molecule has 0 fully saturated rings. The summed E-state index contributed by atoms with van der Waals surface area (Å²) in [5.41, 5.74) is 5.50. The van der Waals surface area contributed by atoms with Crippen LogP contribution in [0, 0.1) is 0 Å². The van der Waals surface area contributed by atoms with Gasteiger partial charge in [-0.15, -0.1) is 0 Å². The van der Waals surface area contributed by atoms with Crippen LogP contribution in [0.3, 0.4) is 0 Å². The summed E-state index contributed by atoms with van der Waals surface area (Å²) in [5.74, 6) is 1.79. The Balaban J connectivity index is 2.86. The maximum absolute atomic E-state index is 5.50. The van der Waals surface area contributed by atoms with E-state index in [9.17, 15) is 0 Å². The van der Waals surface area contributed by atoms with Gasteiger partial charge in [-0.25, -0.2) is 9.97 Å². The van der Waals surface area contributed by atoms with Crippen molar-refractivity contribution in [3.8, 4) is 0 Å². The average molecular weight is 151 g/mol. The van der Waals surface area contributed by atoms with Crippen molar-refractivity contribution in [2.75, 3.05) is 5.73 Å². The van der Waals surface area contributed by atoms with E-state index in [1.54, 1.807) is 12.3 Å². The number of rotatable bonds is 2. The number of nitrogens with two attached hydrogens (primary N) is 1. The van der Waals surface area contributed by atoms with Crippen molar-refractivity contribution in [1.29, 1.82) is 0 Å². The third kappa shape index (κ3) is 1.90. The summed E-state index contributed by atoms with van der Waals surface area (Å²) < 4.78 is 0. The summed E-state index contributed by atoms with van der Waals surface area (Å²) in [4.78, 5) is 8.23. The molecule has 0 saturated carbocycles. The van der Waals surface area contributed by atoms with Crippen molar-refractivity contribution in [2.24, 2.45) is 0 Å². The van der Waals surface area contributed by atoms with Crippen molar-refractivity contribution < 1.29 is 0 Å². The quantitative estimate of drug-likeness (QED) is 0.698. The van der Waals surface area contributed by atoms with Crippen LogP contribution in [0.5, 0.6) is 0 Å². The molecule has 0 aromatic carbocycles. The molecule has 0 spiro atoms. The van der Waals surface area contributed by atoms with Gasteiger partial charge in [-0.1, -0.05) is 13.8 Å². The Morgan fingerprint density at radius 2 is 2.36 bits per heavy atom. The van der Waals surface area contributed by atoms with Crippen LogP contribution in [0.4, 0.5) is 5.82 Å². The summed E-state index contributed by atoms with van der Waals surface area (Å²) >= 11 is 0. The molecule has 3 heteroatoms. The molecular weight excluding hydrogens is 138 g/mol. The minimum atomic E-state index is 0.401. The van der Waals surface area contributed by atoms with Gasteiger partial charge in [-0.05, 0) is 12.5 Å². The Kier molecular flexibility index (Phi) is 2.41. The fourth-order valence-electron chi connectivity index (χ4n) is 0.808. The minimum absolute atomic E-state index is 0.401. The van der Waals surface area contributed by atoms with Crippen LogP contribution in [0.1, 0.15) is 32.0 Å². The molecule has 0 radical (unpaired) electrons. The summed E-state index contributed by atoms with van der Waals surface area (Å²) in [5, 5.41) is 0. The van der Waals surface area contributed by atoms with Gasteiger partial charge in [0.05, 0.1) is 0 Å². The standard InChI is InChI=1S/C8H13N3/c1-3-6(2)8-10-5-4-7(9)11-8/h4-6H,3H2,1-2H3,(H2,9,10,11). The van der Waals surface area contributed by atoms with E-state index in [1.165, 1.54) is 0 Å². The van der Waals surface area contributed by atoms with E-state index in [0.29, 0.717) is 11.7 Å². The second-order valence-corrected chi connectivity index (χ2v) is 2.65. The van der Waals surface area contributed by atoms with Gasteiger partial charge in [0, 0.05) is 12.1 Å². The second kappa shape index (κ2) is 3.32. The molecule has 11 heavy (non-hydrogen) atoms. The van der Waals surface area contributed by atoms with E-state index in [-0.39, 0.29) is 0 Å². The molecular formula is C8H13N3. The third-order valence-corrected chi connectivity index (χ3v) is 1.75. The van der Waals surface area contributed by atoms with Crippen LogP contribution < -0.4 is 5.73 Å². The highest BCUT2D eigenvalue weighted by Crippen LogP contribution is 2.13. The number of anilines is 1. The molecule has 2 N–H and O–H groups in total. The zero-order chi connectivity index (χ0) is 8.27.